The first-order valence-electron chi connectivity index (χ1n) is 13.5. The standard InChI is InChI=1S/C14H14FN3O2.C9H13N3O.C6H5F/c1-2-20-14(19)13-16-12-8-7-11(18(12)17-13)9-5-3-4-6-10(9)15;1-2-4-7(13)9-10-8-5-3-6-12(8)11-9;7-6-4-2-1-3-5-6/h3-6,11H,2,7-8H2,1H3;2-6H2,1H3;1-5H. The van der Waals surface area contributed by atoms with Gasteiger partial charge in [0.15, 0.2) is 0 Å². The second kappa shape index (κ2) is 13.7. The van der Waals surface area contributed by atoms with Crippen molar-refractivity contribution in [1.29, 1.82) is 0 Å². The van der Waals surface area contributed by atoms with Gasteiger partial charge in [-0.05, 0) is 44.4 Å². The third-order valence-corrected chi connectivity index (χ3v) is 6.34. The monoisotopic (exact) mass is 550 g/mol. The molecule has 1 atom stereocenters. The van der Waals surface area contributed by atoms with Crippen molar-refractivity contribution in [3.63, 3.8) is 0 Å². The van der Waals surface area contributed by atoms with Gasteiger partial charge < -0.3 is 4.74 Å². The lowest BCUT2D eigenvalue weighted by molar-refractivity contribution is 0.0511. The maximum Gasteiger partial charge on any atom is 0.378 e. The predicted octanol–water partition coefficient (Wildman–Crippen LogP) is 5.16. The second-order valence-corrected chi connectivity index (χ2v) is 9.24. The largest absolute Gasteiger partial charge is 0.460 e. The molecule has 2 aliphatic rings. The summed E-state index contributed by atoms with van der Waals surface area (Å²) in [5.74, 6) is 1.22. The molecule has 40 heavy (non-hydrogen) atoms. The number of Topliss-reactive ketones (excluding diaryl/α,β-unsaturated/α-hetero) is 1. The Bertz CT molecular complexity index is 1420. The minimum atomic E-state index is -0.540. The van der Waals surface area contributed by atoms with Gasteiger partial charge in [0.25, 0.3) is 5.82 Å². The highest BCUT2D eigenvalue weighted by Gasteiger charge is 2.30. The average molecular weight is 551 g/mol. The van der Waals surface area contributed by atoms with Gasteiger partial charge in [-0.15, -0.1) is 10.2 Å². The smallest absolute Gasteiger partial charge is 0.378 e. The summed E-state index contributed by atoms with van der Waals surface area (Å²) in [6.07, 6.45) is 4.90. The molecule has 0 spiro atoms. The molecule has 4 aromatic rings. The Balaban J connectivity index is 0.000000157. The van der Waals surface area contributed by atoms with E-state index in [4.69, 9.17) is 4.74 Å². The Morgan fingerprint density at radius 3 is 2.30 bits per heavy atom. The molecule has 0 aliphatic carbocycles. The van der Waals surface area contributed by atoms with E-state index in [1.54, 1.807) is 48.0 Å². The number of esters is 1. The van der Waals surface area contributed by atoms with Crippen molar-refractivity contribution >= 4 is 11.8 Å². The highest BCUT2D eigenvalue weighted by Crippen LogP contribution is 2.31. The van der Waals surface area contributed by atoms with Crippen molar-refractivity contribution < 1.29 is 23.1 Å². The van der Waals surface area contributed by atoms with E-state index < -0.39 is 5.97 Å². The van der Waals surface area contributed by atoms with Crippen LogP contribution in [0, 0.1) is 11.6 Å². The molecule has 1 unspecified atom stereocenters. The zero-order valence-corrected chi connectivity index (χ0v) is 22.6. The van der Waals surface area contributed by atoms with Crippen LogP contribution in [0.2, 0.25) is 0 Å². The highest BCUT2D eigenvalue weighted by molar-refractivity contribution is 5.92. The fourth-order valence-corrected chi connectivity index (χ4v) is 4.48. The lowest BCUT2D eigenvalue weighted by Crippen LogP contribution is -2.12. The first kappa shape index (κ1) is 28.7. The summed E-state index contributed by atoms with van der Waals surface area (Å²) in [6.45, 7) is 4.91. The summed E-state index contributed by atoms with van der Waals surface area (Å²) in [4.78, 5) is 31.4. The number of carbonyl (C=O) groups excluding carboxylic acids is 2. The maximum atomic E-state index is 13.9. The third kappa shape index (κ3) is 7.02. The maximum absolute atomic E-state index is 13.9. The van der Waals surface area contributed by atoms with E-state index in [0.29, 0.717) is 30.1 Å². The van der Waals surface area contributed by atoms with Crippen LogP contribution in [-0.4, -0.2) is 47.9 Å². The number of ether oxygens (including phenoxy) is 1. The Labute approximate surface area is 231 Å². The number of halogens is 2. The van der Waals surface area contributed by atoms with Gasteiger partial charge in [-0.2, -0.15) is 0 Å². The fraction of sp³-hybridized carbons (Fsp3) is 0.379. The van der Waals surface area contributed by atoms with Gasteiger partial charge in [0.2, 0.25) is 11.6 Å². The van der Waals surface area contributed by atoms with Crippen LogP contribution in [0.25, 0.3) is 0 Å². The van der Waals surface area contributed by atoms with Gasteiger partial charge >= 0.3 is 5.97 Å². The molecule has 6 rings (SSSR count). The summed E-state index contributed by atoms with van der Waals surface area (Å²) in [6, 6.07) is 14.3. The Morgan fingerprint density at radius 1 is 0.925 bits per heavy atom. The number of carbonyl (C=O) groups is 2. The quantitative estimate of drug-likeness (QED) is 0.241. The van der Waals surface area contributed by atoms with E-state index in [-0.39, 0.29) is 35.9 Å². The molecule has 210 valence electrons. The molecule has 4 heterocycles. The van der Waals surface area contributed by atoms with Crippen LogP contribution in [0.15, 0.2) is 54.6 Å². The number of hydrogen-bond acceptors (Lipinski definition) is 7. The van der Waals surface area contributed by atoms with E-state index in [9.17, 15) is 18.4 Å². The molecule has 0 amide bonds. The molecule has 9 nitrogen and oxygen atoms in total. The molecule has 0 N–H and O–H groups in total. The van der Waals surface area contributed by atoms with Crippen molar-refractivity contribution in [1.82, 2.24) is 29.5 Å². The predicted molar refractivity (Wildman–Crippen MR) is 143 cm³/mol. The number of fused-ring (bicyclic) bond motifs is 2. The molecule has 2 aromatic heterocycles. The van der Waals surface area contributed by atoms with Crippen LogP contribution in [-0.2, 0) is 24.1 Å². The first-order chi connectivity index (χ1) is 19.4. The molecular formula is C29H32F2N6O3. The van der Waals surface area contributed by atoms with Crippen LogP contribution in [0.4, 0.5) is 8.78 Å². The van der Waals surface area contributed by atoms with Crippen molar-refractivity contribution in [2.75, 3.05) is 6.61 Å². The van der Waals surface area contributed by atoms with E-state index in [0.717, 1.165) is 38.1 Å². The molecule has 0 saturated heterocycles. The second-order valence-electron chi connectivity index (χ2n) is 9.24. The zero-order valence-electron chi connectivity index (χ0n) is 22.6. The Hall–Kier alpha value is -4.28. The molecule has 0 saturated carbocycles. The molecule has 2 aromatic carbocycles. The Kier molecular flexibility index (Phi) is 9.82. The molecular weight excluding hydrogens is 518 g/mol. The summed E-state index contributed by atoms with van der Waals surface area (Å²) in [5.41, 5.74) is 0.576. The van der Waals surface area contributed by atoms with Crippen LogP contribution < -0.4 is 0 Å². The van der Waals surface area contributed by atoms with Gasteiger partial charge in [0.05, 0.1) is 12.6 Å². The minimum absolute atomic E-state index is 0.0443. The van der Waals surface area contributed by atoms with E-state index in [1.165, 1.54) is 18.2 Å². The first-order valence-corrected chi connectivity index (χ1v) is 13.5. The van der Waals surface area contributed by atoms with Gasteiger partial charge in [-0.25, -0.2) is 32.9 Å². The number of ketones is 1. The topological polar surface area (TPSA) is 105 Å². The molecule has 0 bridgehead atoms. The zero-order chi connectivity index (χ0) is 28.5. The number of rotatable bonds is 6. The normalized spacial score (nSPS) is 14.8. The number of aryl methyl sites for hydroxylation is 3. The van der Waals surface area contributed by atoms with E-state index in [2.05, 4.69) is 20.2 Å². The fourth-order valence-electron chi connectivity index (χ4n) is 4.48. The van der Waals surface area contributed by atoms with Gasteiger partial charge in [-0.3, -0.25) is 4.79 Å². The Morgan fingerprint density at radius 2 is 1.65 bits per heavy atom. The number of aromatic nitrogens is 6. The van der Waals surface area contributed by atoms with Crippen LogP contribution in [0.3, 0.4) is 0 Å². The third-order valence-electron chi connectivity index (χ3n) is 6.34. The molecule has 2 aliphatic heterocycles. The van der Waals surface area contributed by atoms with Gasteiger partial charge in [0.1, 0.15) is 23.3 Å². The van der Waals surface area contributed by atoms with Crippen molar-refractivity contribution in [3.05, 3.63) is 95.1 Å². The van der Waals surface area contributed by atoms with Crippen LogP contribution in [0.5, 0.6) is 0 Å². The van der Waals surface area contributed by atoms with E-state index >= 15 is 0 Å². The molecule has 11 heteroatoms. The lowest BCUT2D eigenvalue weighted by Gasteiger charge is -2.12. The highest BCUT2D eigenvalue weighted by atomic mass is 19.1. The summed E-state index contributed by atoms with van der Waals surface area (Å²) < 4.78 is 34.1. The van der Waals surface area contributed by atoms with Crippen molar-refractivity contribution in [3.8, 4) is 0 Å². The summed E-state index contributed by atoms with van der Waals surface area (Å²) in [5, 5.41) is 8.34. The van der Waals surface area contributed by atoms with Crippen molar-refractivity contribution in [2.45, 2.75) is 65.0 Å². The number of nitrogens with zero attached hydrogens (tertiary/aromatic N) is 6. The molecule has 0 radical (unpaired) electrons. The van der Waals surface area contributed by atoms with Crippen molar-refractivity contribution in [2.24, 2.45) is 0 Å². The number of hydrogen-bond donors (Lipinski definition) is 0. The lowest BCUT2D eigenvalue weighted by atomic mass is 10.0. The molecule has 0 fully saturated rings. The summed E-state index contributed by atoms with van der Waals surface area (Å²) >= 11 is 0. The van der Waals surface area contributed by atoms with Crippen LogP contribution in [0.1, 0.15) is 84.0 Å². The van der Waals surface area contributed by atoms with E-state index in [1.807, 2.05) is 11.6 Å². The van der Waals surface area contributed by atoms with Gasteiger partial charge in [-0.1, -0.05) is 43.3 Å². The van der Waals surface area contributed by atoms with Crippen LogP contribution >= 0.6 is 0 Å². The SMILES string of the molecule is CCCC(=O)c1nc2n(n1)CCC2.CCOC(=O)c1nc2n(n1)C(c1ccccc1F)CC2.Fc1ccccc1. The van der Waals surface area contributed by atoms with Gasteiger partial charge in [0, 0.05) is 31.4 Å². The minimum Gasteiger partial charge on any atom is -0.460 e. The summed E-state index contributed by atoms with van der Waals surface area (Å²) in [7, 11) is 0. The number of benzene rings is 2. The average Bonchev–Trinajstić information content (AvgIpc) is 3.72.